The molecule has 0 aliphatic heterocycles. The second-order valence-electron chi connectivity index (χ2n) is 6.49. The van der Waals surface area contributed by atoms with Gasteiger partial charge in [0.2, 0.25) is 0 Å². The second-order valence-corrected chi connectivity index (χ2v) is 7.36. The van der Waals surface area contributed by atoms with Crippen molar-refractivity contribution >= 4 is 28.3 Å². The number of esters is 1. The van der Waals surface area contributed by atoms with Crippen molar-refractivity contribution in [3.8, 4) is 0 Å². The molecule has 1 atom stereocenters. The van der Waals surface area contributed by atoms with E-state index in [0.29, 0.717) is 5.13 Å². The van der Waals surface area contributed by atoms with Crippen LogP contribution in [-0.2, 0) is 9.53 Å². The molecular formula is C19H20F2N2O3S. The van der Waals surface area contributed by atoms with Crippen LogP contribution < -0.4 is 4.90 Å². The van der Waals surface area contributed by atoms with Crippen LogP contribution in [0.2, 0.25) is 0 Å². The SMILES string of the molecule is C[C@@H](OC(=O)c1ccc(F)c(F)c1)C(=O)N(c1nccs1)C1CCCCC1. The van der Waals surface area contributed by atoms with Crippen molar-refractivity contribution < 1.29 is 23.1 Å². The minimum atomic E-state index is -1.14. The summed E-state index contributed by atoms with van der Waals surface area (Å²) in [5, 5.41) is 2.36. The largest absolute Gasteiger partial charge is 0.449 e. The van der Waals surface area contributed by atoms with Crippen LogP contribution in [0.25, 0.3) is 0 Å². The van der Waals surface area contributed by atoms with E-state index in [2.05, 4.69) is 4.98 Å². The predicted octanol–water partition coefficient (Wildman–Crippen LogP) is 4.33. The minimum absolute atomic E-state index is 0.0156. The molecule has 0 N–H and O–H groups in total. The van der Waals surface area contributed by atoms with Crippen LogP contribution in [0, 0.1) is 11.6 Å². The van der Waals surface area contributed by atoms with E-state index in [9.17, 15) is 18.4 Å². The smallest absolute Gasteiger partial charge is 0.339 e. The number of aromatic nitrogens is 1. The van der Waals surface area contributed by atoms with Crippen LogP contribution in [-0.4, -0.2) is 29.0 Å². The van der Waals surface area contributed by atoms with Crippen LogP contribution in [0.15, 0.2) is 29.8 Å². The fourth-order valence-corrected chi connectivity index (χ4v) is 3.92. The molecule has 0 radical (unpaired) electrons. The predicted molar refractivity (Wildman–Crippen MR) is 97.7 cm³/mol. The number of hydrogen-bond acceptors (Lipinski definition) is 5. The van der Waals surface area contributed by atoms with Crippen molar-refractivity contribution in [3.05, 3.63) is 47.0 Å². The summed E-state index contributed by atoms with van der Waals surface area (Å²) in [6, 6.07) is 2.75. The Morgan fingerprint density at radius 2 is 1.96 bits per heavy atom. The molecule has 0 bridgehead atoms. The first kappa shape index (κ1) is 19.4. The summed E-state index contributed by atoms with van der Waals surface area (Å²) in [5.74, 6) is -3.44. The quantitative estimate of drug-likeness (QED) is 0.708. The summed E-state index contributed by atoms with van der Waals surface area (Å²) in [5.41, 5.74) is -0.146. The average molecular weight is 394 g/mol. The van der Waals surface area contributed by atoms with Crippen molar-refractivity contribution in [1.82, 2.24) is 4.98 Å². The van der Waals surface area contributed by atoms with Gasteiger partial charge < -0.3 is 4.74 Å². The molecule has 3 rings (SSSR count). The number of nitrogens with zero attached hydrogens (tertiary/aromatic N) is 2. The first-order valence-corrected chi connectivity index (χ1v) is 9.74. The van der Waals surface area contributed by atoms with Gasteiger partial charge in [-0.25, -0.2) is 18.6 Å². The van der Waals surface area contributed by atoms with Crippen molar-refractivity contribution in [2.24, 2.45) is 0 Å². The number of carbonyl (C=O) groups is 2. The number of anilines is 1. The molecule has 0 spiro atoms. The Balaban J connectivity index is 1.74. The van der Waals surface area contributed by atoms with Gasteiger partial charge in [-0.2, -0.15) is 0 Å². The van der Waals surface area contributed by atoms with E-state index in [4.69, 9.17) is 4.74 Å². The number of carbonyl (C=O) groups excluding carboxylic acids is 2. The van der Waals surface area contributed by atoms with Gasteiger partial charge in [0.05, 0.1) is 5.56 Å². The Bertz CT molecular complexity index is 807. The summed E-state index contributed by atoms with van der Waals surface area (Å²) in [7, 11) is 0. The standard InChI is InChI=1S/C19H20F2N2O3S/c1-12(26-18(25)13-7-8-15(20)16(21)11-13)17(24)23(19-22-9-10-27-19)14-5-3-2-4-6-14/h7-12,14H,2-6H2,1H3/t12-/m1/s1. The maximum Gasteiger partial charge on any atom is 0.339 e. The number of ether oxygens (including phenoxy) is 1. The number of amides is 1. The van der Waals surface area contributed by atoms with Crippen LogP contribution in [0.3, 0.4) is 0 Å². The van der Waals surface area contributed by atoms with Gasteiger partial charge in [-0.1, -0.05) is 19.3 Å². The van der Waals surface area contributed by atoms with E-state index in [1.165, 1.54) is 18.3 Å². The molecular weight excluding hydrogens is 374 g/mol. The summed E-state index contributed by atoms with van der Waals surface area (Å²) >= 11 is 1.35. The first-order chi connectivity index (χ1) is 13.0. The molecule has 1 heterocycles. The van der Waals surface area contributed by atoms with E-state index in [0.717, 1.165) is 50.3 Å². The third-order valence-electron chi connectivity index (χ3n) is 4.59. The van der Waals surface area contributed by atoms with Crippen LogP contribution in [0.1, 0.15) is 49.4 Å². The maximum atomic E-state index is 13.3. The monoisotopic (exact) mass is 394 g/mol. The molecule has 8 heteroatoms. The summed E-state index contributed by atoms with van der Waals surface area (Å²) in [6.07, 6.45) is 5.49. The van der Waals surface area contributed by atoms with Crippen LogP contribution in [0.5, 0.6) is 0 Å². The number of thiazole rings is 1. The molecule has 0 unspecified atom stereocenters. The maximum absolute atomic E-state index is 13.3. The molecule has 1 fully saturated rings. The van der Waals surface area contributed by atoms with E-state index >= 15 is 0 Å². The third-order valence-corrected chi connectivity index (χ3v) is 5.36. The topological polar surface area (TPSA) is 59.5 Å². The minimum Gasteiger partial charge on any atom is -0.449 e. The van der Waals surface area contributed by atoms with E-state index < -0.39 is 23.7 Å². The fourth-order valence-electron chi connectivity index (χ4n) is 3.20. The van der Waals surface area contributed by atoms with E-state index in [1.807, 2.05) is 0 Å². The lowest BCUT2D eigenvalue weighted by molar-refractivity contribution is -0.127. The highest BCUT2D eigenvalue weighted by Crippen LogP contribution is 2.29. The van der Waals surface area contributed by atoms with Gasteiger partial charge in [-0.15, -0.1) is 11.3 Å². The molecule has 1 aromatic carbocycles. The molecule has 0 saturated heterocycles. The van der Waals surface area contributed by atoms with E-state index in [1.54, 1.807) is 16.5 Å². The van der Waals surface area contributed by atoms with Gasteiger partial charge in [-0.05, 0) is 38.0 Å². The molecule has 1 aromatic heterocycles. The normalized spacial score (nSPS) is 16.0. The summed E-state index contributed by atoms with van der Waals surface area (Å²) in [4.78, 5) is 31.1. The molecule has 1 aliphatic rings. The van der Waals surface area contributed by atoms with Gasteiger partial charge in [0.15, 0.2) is 22.9 Å². The van der Waals surface area contributed by atoms with Gasteiger partial charge in [0, 0.05) is 17.6 Å². The first-order valence-electron chi connectivity index (χ1n) is 8.86. The molecule has 2 aromatic rings. The molecule has 1 saturated carbocycles. The Morgan fingerprint density at radius 3 is 2.59 bits per heavy atom. The van der Waals surface area contributed by atoms with Gasteiger partial charge in [0.1, 0.15) is 0 Å². The highest BCUT2D eigenvalue weighted by atomic mass is 32.1. The zero-order chi connectivity index (χ0) is 19.4. The zero-order valence-corrected chi connectivity index (χ0v) is 15.7. The Kier molecular flexibility index (Phi) is 6.15. The van der Waals surface area contributed by atoms with Gasteiger partial charge in [0.25, 0.3) is 5.91 Å². The zero-order valence-electron chi connectivity index (χ0n) is 14.9. The Hall–Kier alpha value is -2.35. The lowest BCUT2D eigenvalue weighted by atomic mass is 9.94. The third kappa shape index (κ3) is 4.50. The van der Waals surface area contributed by atoms with Crippen molar-refractivity contribution in [2.75, 3.05) is 4.90 Å². The van der Waals surface area contributed by atoms with Crippen molar-refractivity contribution in [2.45, 2.75) is 51.2 Å². The number of hydrogen-bond donors (Lipinski definition) is 0. The number of rotatable bonds is 5. The highest BCUT2D eigenvalue weighted by Gasteiger charge is 2.33. The molecule has 144 valence electrons. The van der Waals surface area contributed by atoms with Gasteiger partial charge >= 0.3 is 5.97 Å². The second kappa shape index (κ2) is 8.56. The molecule has 1 aliphatic carbocycles. The summed E-state index contributed by atoms with van der Waals surface area (Å²) in [6.45, 7) is 1.48. The molecule has 1 amide bonds. The van der Waals surface area contributed by atoms with E-state index in [-0.39, 0.29) is 17.5 Å². The van der Waals surface area contributed by atoms with Crippen molar-refractivity contribution in [3.63, 3.8) is 0 Å². The van der Waals surface area contributed by atoms with Crippen molar-refractivity contribution in [1.29, 1.82) is 0 Å². The fraction of sp³-hybridized carbons (Fsp3) is 0.421. The van der Waals surface area contributed by atoms with Gasteiger partial charge in [-0.3, -0.25) is 9.69 Å². The lowest BCUT2D eigenvalue weighted by Gasteiger charge is -2.33. The molecule has 27 heavy (non-hydrogen) atoms. The highest BCUT2D eigenvalue weighted by molar-refractivity contribution is 7.13. The summed E-state index contributed by atoms with van der Waals surface area (Å²) < 4.78 is 31.6. The number of benzene rings is 1. The number of halogens is 2. The van der Waals surface area contributed by atoms with Crippen LogP contribution >= 0.6 is 11.3 Å². The van der Waals surface area contributed by atoms with Crippen LogP contribution in [0.4, 0.5) is 13.9 Å². The average Bonchev–Trinajstić information content (AvgIpc) is 3.19. The Morgan fingerprint density at radius 1 is 1.22 bits per heavy atom. The lowest BCUT2D eigenvalue weighted by Crippen LogP contribution is -2.47. The Labute approximate surface area is 160 Å². The molecule has 5 nitrogen and oxygen atoms in total.